The van der Waals surface area contributed by atoms with E-state index in [0.717, 1.165) is 24.4 Å². The molecular weight excluding hydrogens is 308 g/mol. The zero-order valence-corrected chi connectivity index (χ0v) is 14.7. The van der Waals surface area contributed by atoms with Crippen LogP contribution in [0.2, 0.25) is 0 Å². The predicted molar refractivity (Wildman–Crippen MR) is 89.0 cm³/mol. The molecule has 1 N–H and O–H groups in total. The van der Waals surface area contributed by atoms with Crippen LogP contribution in [0, 0.1) is 12.8 Å². The van der Waals surface area contributed by atoms with Crippen LogP contribution >= 0.6 is 0 Å². The molecule has 3 heterocycles. The minimum atomic E-state index is -0.0549. The third-order valence-electron chi connectivity index (χ3n) is 4.67. The van der Waals surface area contributed by atoms with Crippen molar-refractivity contribution in [1.82, 2.24) is 20.0 Å². The van der Waals surface area contributed by atoms with E-state index in [4.69, 9.17) is 4.74 Å². The second-order valence-electron chi connectivity index (χ2n) is 6.93. The SMILES string of the molecule is Cc1c(C(=O)N2CCC(C(=O)NC(C)C)CC2)nn2c1OCCC2. The maximum atomic E-state index is 12.8. The molecule has 2 amide bonds. The van der Waals surface area contributed by atoms with E-state index in [2.05, 4.69) is 10.4 Å². The van der Waals surface area contributed by atoms with Gasteiger partial charge in [0, 0.05) is 43.6 Å². The highest BCUT2D eigenvalue weighted by Gasteiger charge is 2.31. The van der Waals surface area contributed by atoms with Crippen LogP contribution in [-0.4, -0.2) is 52.2 Å². The lowest BCUT2D eigenvalue weighted by Gasteiger charge is -2.31. The topological polar surface area (TPSA) is 76.5 Å². The van der Waals surface area contributed by atoms with Gasteiger partial charge in [0.1, 0.15) is 0 Å². The molecule has 0 atom stereocenters. The summed E-state index contributed by atoms with van der Waals surface area (Å²) in [6.07, 6.45) is 2.32. The first-order valence-corrected chi connectivity index (χ1v) is 8.77. The average Bonchev–Trinajstić information content (AvgIpc) is 2.91. The summed E-state index contributed by atoms with van der Waals surface area (Å²) in [5, 5.41) is 7.40. The van der Waals surface area contributed by atoms with Gasteiger partial charge in [-0.15, -0.1) is 0 Å². The Morgan fingerprint density at radius 1 is 1.25 bits per heavy atom. The molecule has 0 unspecified atom stereocenters. The molecule has 132 valence electrons. The maximum absolute atomic E-state index is 12.8. The van der Waals surface area contributed by atoms with Crippen molar-refractivity contribution in [2.45, 2.75) is 52.6 Å². The number of fused-ring (bicyclic) bond motifs is 1. The lowest BCUT2D eigenvalue weighted by molar-refractivity contribution is -0.126. The molecule has 1 saturated heterocycles. The highest BCUT2D eigenvalue weighted by molar-refractivity contribution is 5.94. The minimum Gasteiger partial charge on any atom is -0.478 e. The number of carbonyl (C=O) groups excluding carboxylic acids is 2. The van der Waals surface area contributed by atoms with Gasteiger partial charge in [-0.1, -0.05) is 0 Å². The molecule has 2 aliphatic heterocycles. The van der Waals surface area contributed by atoms with Crippen LogP contribution in [0.3, 0.4) is 0 Å². The molecule has 1 aromatic rings. The summed E-state index contributed by atoms with van der Waals surface area (Å²) in [5.41, 5.74) is 1.30. The number of nitrogens with one attached hydrogen (secondary N) is 1. The Kier molecular flexibility index (Phi) is 4.78. The van der Waals surface area contributed by atoms with Gasteiger partial charge in [-0.3, -0.25) is 9.59 Å². The number of ether oxygens (including phenoxy) is 1. The van der Waals surface area contributed by atoms with Crippen molar-refractivity contribution >= 4 is 11.8 Å². The van der Waals surface area contributed by atoms with E-state index in [0.29, 0.717) is 38.2 Å². The molecule has 7 heteroatoms. The minimum absolute atomic E-state index is 0.00363. The van der Waals surface area contributed by atoms with Crippen LogP contribution in [-0.2, 0) is 11.3 Å². The van der Waals surface area contributed by atoms with E-state index < -0.39 is 0 Å². The third-order valence-corrected chi connectivity index (χ3v) is 4.67. The van der Waals surface area contributed by atoms with Crippen LogP contribution in [0.5, 0.6) is 5.88 Å². The molecular formula is C17H26N4O3. The first-order chi connectivity index (χ1) is 11.5. The van der Waals surface area contributed by atoms with Crippen molar-refractivity contribution in [2.75, 3.05) is 19.7 Å². The zero-order chi connectivity index (χ0) is 17.3. The molecule has 1 fully saturated rings. The van der Waals surface area contributed by atoms with Gasteiger partial charge >= 0.3 is 0 Å². The van der Waals surface area contributed by atoms with Crippen LogP contribution in [0.25, 0.3) is 0 Å². The van der Waals surface area contributed by atoms with E-state index in [9.17, 15) is 9.59 Å². The second kappa shape index (κ2) is 6.83. The summed E-state index contributed by atoms with van der Waals surface area (Å²) in [4.78, 5) is 26.7. The first-order valence-electron chi connectivity index (χ1n) is 8.77. The van der Waals surface area contributed by atoms with Gasteiger partial charge in [-0.25, -0.2) is 4.68 Å². The van der Waals surface area contributed by atoms with Gasteiger partial charge in [0.25, 0.3) is 5.91 Å². The number of hydrogen-bond donors (Lipinski definition) is 1. The van der Waals surface area contributed by atoms with Gasteiger partial charge < -0.3 is 15.0 Å². The van der Waals surface area contributed by atoms with Crippen molar-refractivity contribution in [3.8, 4) is 5.88 Å². The molecule has 3 rings (SSSR count). The average molecular weight is 334 g/mol. The quantitative estimate of drug-likeness (QED) is 0.905. The Balaban J connectivity index is 1.63. The second-order valence-corrected chi connectivity index (χ2v) is 6.93. The van der Waals surface area contributed by atoms with Crippen molar-refractivity contribution in [3.63, 3.8) is 0 Å². The van der Waals surface area contributed by atoms with E-state index in [1.807, 2.05) is 20.8 Å². The Labute approximate surface area is 142 Å². The third kappa shape index (κ3) is 3.25. The number of carbonyl (C=O) groups is 2. The van der Waals surface area contributed by atoms with Crippen molar-refractivity contribution in [2.24, 2.45) is 5.92 Å². The number of rotatable bonds is 3. The van der Waals surface area contributed by atoms with Crippen LogP contribution < -0.4 is 10.1 Å². The fourth-order valence-corrected chi connectivity index (χ4v) is 3.35. The van der Waals surface area contributed by atoms with E-state index in [1.165, 1.54) is 0 Å². The summed E-state index contributed by atoms with van der Waals surface area (Å²) in [5.74, 6) is 0.756. The number of piperidine rings is 1. The molecule has 0 bridgehead atoms. The van der Waals surface area contributed by atoms with Crippen LogP contribution in [0.1, 0.15) is 49.2 Å². The molecule has 7 nitrogen and oxygen atoms in total. The molecule has 1 aromatic heterocycles. The number of nitrogens with zero attached hydrogens (tertiary/aromatic N) is 3. The lowest BCUT2D eigenvalue weighted by atomic mass is 9.95. The number of amides is 2. The lowest BCUT2D eigenvalue weighted by Crippen LogP contribution is -2.44. The number of hydrogen-bond acceptors (Lipinski definition) is 4. The van der Waals surface area contributed by atoms with E-state index >= 15 is 0 Å². The van der Waals surface area contributed by atoms with E-state index in [-0.39, 0.29) is 23.8 Å². The van der Waals surface area contributed by atoms with Crippen molar-refractivity contribution in [1.29, 1.82) is 0 Å². The van der Waals surface area contributed by atoms with Crippen LogP contribution in [0.4, 0.5) is 0 Å². The van der Waals surface area contributed by atoms with Gasteiger partial charge in [0.15, 0.2) is 5.69 Å². The maximum Gasteiger partial charge on any atom is 0.274 e. The van der Waals surface area contributed by atoms with Gasteiger partial charge in [0.05, 0.1) is 6.61 Å². The summed E-state index contributed by atoms with van der Waals surface area (Å²) in [7, 11) is 0. The van der Waals surface area contributed by atoms with Crippen molar-refractivity contribution < 1.29 is 14.3 Å². The monoisotopic (exact) mass is 334 g/mol. The molecule has 2 aliphatic rings. The van der Waals surface area contributed by atoms with Gasteiger partial charge in [-0.2, -0.15) is 5.10 Å². The highest BCUT2D eigenvalue weighted by atomic mass is 16.5. The Hall–Kier alpha value is -2.05. The molecule has 0 saturated carbocycles. The summed E-state index contributed by atoms with van der Waals surface area (Å²) >= 11 is 0. The number of aromatic nitrogens is 2. The Morgan fingerprint density at radius 2 is 1.96 bits per heavy atom. The van der Waals surface area contributed by atoms with Gasteiger partial charge in [0.2, 0.25) is 11.8 Å². The smallest absolute Gasteiger partial charge is 0.274 e. The molecule has 0 radical (unpaired) electrons. The molecule has 0 aliphatic carbocycles. The zero-order valence-electron chi connectivity index (χ0n) is 14.7. The highest BCUT2D eigenvalue weighted by Crippen LogP contribution is 2.27. The molecule has 0 spiro atoms. The van der Waals surface area contributed by atoms with Gasteiger partial charge in [-0.05, 0) is 33.6 Å². The van der Waals surface area contributed by atoms with Crippen molar-refractivity contribution in [3.05, 3.63) is 11.3 Å². The van der Waals surface area contributed by atoms with E-state index in [1.54, 1.807) is 9.58 Å². The summed E-state index contributed by atoms with van der Waals surface area (Å²) in [6, 6.07) is 0.150. The fourth-order valence-electron chi connectivity index (χ4n) is 3.35. The fraction of sp³-hybridized carbons (Fsp3) is 0.706. The Morgan fingerprint density at radius 3 is 2.58 bits per heavy atom. The number of likely N-dealkylation sites (tertiary alicyclic amines) is 1. The summed E-state index contributed by atoms with van der Waals surface area (Å²) < 4.78 is 7.42. The molecule has 0 aromatic carbocycles. The summed E-state index contributed by atoms with van der Waals surface area (Å²) in [6.45, 7) is 8.47. The molecule has 24 heavy (non-hydrogen) atoms. The normalized spacial score (nSPS) is 18.2. The predicted octanol–water partition coefficient (Wildman–Crippen LogP) is 1.35. The first kappa shape index (κ1) is 16.8. The van der Waals surface area contributed by atoms with Crippen LogP contribution in [0.15, 0.2) is 0 Å². The Bertz CT molecular complexity index is 630. The largest absolute Gasteiger partial charge is 0.478 e. The standard InChI is InChI=1S/C17H26N4O3/c1-11(2)18-15(22)13-5-8-20(9-6-13)16(23)14-12(3)17-21(19-14)7-4-10-24-17/h11,13H,4-10H2,1-3H3,(H,18,22). The number of aryl methyl sites for hydroxylation is 1.